The van der Waals surface area contributed by atoms with E-state index in [4.69, 9.17) is 0 Å². The van der Waals surface area contributed by atoms with Gasteiger partial charge in [-0.05, 0) is 31.5 Å². The average molecular weight is 273 g/mol. The van der Waals surface area contributed by atoms with Gasteiger partial charge in [-0.15, -0.1) is 0 Å². The Morgan fingerprint density at radius 3 is 3.15 bits per heavy atom. The molecule has 1 aliphatic rings. The smallest absolute Gasteiger partial charge is 0.261 e. The van der Waals surface area contributed by atoms with E-state index in [1.807, 2.05) is 25.1 Å². The highest BCUT2D eigenvalue weighted by Gasteiger charge is 2.23. The largest absolute Gasteiger partial charge is 0.391 e. The van der Waals surface area contributed by atoms with Crippen LogP contribution in [0.5, 0.6) is 0 Å². The van der Waals surface area contributed by atoms with E-state index in [9.17, 15) is 9.90 Å². The Kier molecular flexibility index (Phi) is 3.54. The van der Waals surface area contributed by atoms with Crippen LogP contribution in [0, 0.1) is 12.8 Å². The van der Waals surface area contributed by atoms with Gasteiger partial charge in [-0.3, -0.25) is 9.36 Å². The molecule has 1 aromatic heterocycles. The number of rotatable bonds is 2. The second kappa shape index (κ2) is 5.34. The molecule has 1 saturated heterocycles. The summed E-state index contributed by atoms with van der Waals surface area (Å²) in [6.45, 7) is 3.93. The summed E-state index contributed by atoms with van der Waals surface area (Å²) in [4.78, 5) is 16.9. The van der Waals surface area contributed by atoms with E-state index in [0.29, 0.717) is 18.5 Å². The first-order valence-electron chi connectivity index (χ1n) is 7.00. The van der Waals surface area contributed by atoms with Crippen molar-refractivity contribution in [3.05, 3.63) is 40.4 Å². The minimum atomic E-state index is -0.400. The van der Waals surface area contributed by atoms with Gasteiger partial charge in [0.1, 0.15) is 0 Å². The van der Waals surface area contributed by atoms with Crippen molar-refractivity contribution >= 4 is 10.9 Å². The molecular formula is C15H19N3O2. The number of aliphatic hydroxyl groups excluding tert-OH is 1. The van der Waals surface area contributed by atoms with E-state index in [2.05, 4.69) is 10.3 Å². The van der Waals surface area contributed by atoms with E-state index in [-0.39, 0.29) is 11.5 Å². The molecule has 0 radical (unpaired) electrons. The fraction of sp³-hybridized carbons (Fsp3) is 0.467. The number of piperidine rings is 1. The molecule has 1 aliphatic heterocycles. The third-order valence-corrected chi connectivity index (χ3v) is 4.08. The first-order chi connectivity index (χ1) is 9.66. The minimum absolute atomic E-state index is 0.0150. The van der Waals surface area contributed by atoms with Gasteiger partial charge in [-0.2, -0.15) is 0 Å². The fourth-order valence-electron chi connectivity index (χ4n) is 2.86. The number of nitrogens with one attached hydrogen (secondary N) is 1. The van der Waals surface area contributed by atoms with E-state index >= 15 is 0 Å². The first-order valence-corrected chi connectivity index (χ1v) is 7.00. The maximum Gasteiger partial charge on any atom is 0.261 e. The lowest BCUT2D eigenvalue weighted by Crippen LogP contribution is -2.43. The number of hydrogen-bond donors (Lipinski definition) is 2. The molecule has 0 amide bonds. The van der Waals surface area contributed by atoms with Crippen molar-refractivity contribution in [2.45, 2.75) is 26.0 Å². The lowest BCUT2D eigenvalue weighted by atomic mass is 9.95. The summed E-state index contributed by atoms with van der Waals surface area (Å²) in [6, 6.07) is 5.69. The van der Waals surface area contributed by atoms with Crippen molar-refractivity contribution in [3.8, 4) is 0 Å². The van der Waals surface area contributed by atoms with Crippen LogP contribution in [0.4, 0.5) is 0 Å². The van der Waals surface area contributed by atoms with Gasteiger partial charge in [0.15, 0.2) is 0 Å². The molecule has 0 unspecified atom stereocenters. The molecule has 2 heterocycles. The Morgan fingerprint density at radius 1 is 1.50 bits per heavy atom. The molecule has 2 aromatic rings. The molecule has 0 spiro atoms. The van der Waals surface area contributed by atoms with Gasteiger partial charge in [-0.25, -0.2) is 4.98 Å². The van der Waals surface area contributed by atoms with Gasteiger partial charge in [0.2, 0.25) is 0 Å². The van der Waals surface area contributed by atoms with Crippen LogP contribution < -0.4 is 10.9 Å². The number of benzene rings is 1. The van der Waals surface area contributed by atoms with Crippen molar-refractivity contribution in [2.75, 3.05) is 13.1 Å². The second-order valence-electron chi connectivity index (χ2n) is 5.49. The summed E-state index contributed by atoms with van der Waals surface area (Å²) in [6.07, 6.45) is 2.07. The maximum atomic E-state index is 12.6. The summed E-state index contributed by atoms with van der Waals surface area (Å²) in [5.41, 5.74) is 1.66. The highest BCUT2D eigenvalue weighted by atomic mass is 16.3. The summed E-state index contributed by atoms with van der Waals surface area (Å²) >= 11 is 0. The molecule has 5 heteroatoms. The number of aryl methyl sites for hydroxylation is 1. The van der Waals surface area contributed by atoms with Crippen LogP contribution >= 0.6 is 0 Å². The van der Waals surface area contributed by atoms with Gasteiger partial charge in [0, 0.05) is 19.0 Å². The van der Waals surface area contributed by atoms with Crippen LogP contribution in [-0.4, -0.2) is 33.9 Å². The Hall–Kier alpha value is -1.72. The number of fused-ring (bicyclic) bond motifs is 1. The monoisotopic (exact) mass is 273 g/mol. The molecule has 106 valence electrons. The maximum absolute atomic E-state index is 12.6. The normalized spacial score (nSPS) is 23.1. The Balaban J connectivity index is 1.98. The summed E-state index contributed by atoms with van der Waals surface area (Å²) in [7, 11) is 0. The SMILES string of the molecule is Cc1cccc2ncn(C[C@@H]3CCNC[C@H]3O)c(=O)c12. The van der Waals surface area contributed by atoms with Crippen LogP contribution in [0.3, 0.4) is 0 Å². The topological polar surface area (TPSA) is 67.2 Å². The third-order valence-electron chi connectivity index (χ3n) is 4.08. The molecule has 1 aromatic carbocycles. The van der Waals surface area contributed by atoms with Crippen LogP contribution in [0.1, 0.15) is 12.0 Å². The zero-order valence-corrected chi connectivity index (χ0v) is 11.5. The molecule has 0 bridgehead atoms. The summed E-state index contributed by atoms with van der Waals surface area (Å²) in [5.74, 6) is 0.109. The molecular weight excluding hydrogens is 254 g/mol. The predicted octanol–water partition coefficient (Wildman–Crippen LogP) is 0.675. The first kappa shape index (κ1) is 13.3. The second-order valence-corrected chi connectivity index (χ2v) is 5.49. The van der Waals surface area contributed by atoms with Gasteiger partial charge in [0.05, 0.1) is 23.3 Å². The predicted molar refractivity (Wildman–Crippen MR) is 77.7 cm³/mol. The number of aromatic nitrogens is 2. The van der Waals surface area contributed by atoms with Crippen LogP contribution in [0.25, 0.3) is 10.9 Å². The number of aliphatic hydroxyl groups is 1. The van der Waals surface area contributed by atoms with Gasteiger partial charge in [0.25, 0.3) is 5.56 Å². The van der Waals surface area contributed by atoms with Crippen molar-refractivity contribution in [1.29, 1.82) is 0 Å². The minimum Gasteiger partial charge on any atom is -0.391 e. The molecule has 3 rings (SSSR count). The number of hydrogen-bond acceptors (Lipinski definition) is 4. The molecule has 1 fully saturated rings. The fourth-order valence-corrected chi connectivity index (χ4v) is 2.86. The van der Waals surface area contributed by atoms with E-state index in [1.165, 1.54) is 0 Å². The Bertz CT molecular complexity index is 680. The zero-order valence-electron chi connectivity index (χ0n) is 11.5. The van der Waals surface area contributed by atoms with E-state index in [0.717, 1.165) is 24.0 Å². The molecule has 5 nitrogen and oxygen atoms in total. The van der Waals surface area contributed by atoms with Gasteiger partial charge >= 0.3 is 0 Å². The Labute approximate surface area is 117 Å². The highest BCUT2D eigenvalue weighted by molar-refractivity contribution is 5.80. The lowest BCUT2D eigenvalue weighted by molar-refractivity contribution is 0.0717. The quantitative estimate of drug-likeness (QED) is 0.844. The summed E-state index contributed by atoms with van der Waals surface area (Å²) in [5, 5.41) is 13.8. The van der Waals surface area contributed by atoms with E-state index in [1.54, 1.807) is 10.9 Å². The molecule has 2 N–H and O–H groups in total. The van der Waals surface area contributed by atoms with Crippen molar-refractivity contribution in [2.24, 2.45) is 5.92 Å². The van der Waals surface area contributed by atoms with E-state index < -0.39 is 6.10 Å². The number of β-amino-alcohol motifs (C(OH)–C–C–N with tert-alkyl or cyclic N) is 1. The molecule has 0 saturated carbocycles. The molecule has 0 aliphatic carbocycles. The Morgan fingerprint density at radius 2 is 2.35 bits per heavy atom. The number of nitrogens with zero attached hydrogens (tertiary/aromatic N) is 2. The molecule has 2 atom stereocenters. The van der Waals surface area contributed by atoms with Gasteiger partial charge in [-0.1, -0.05) is 12.1 Å². The van der Waals surface area contributed by atoms with Crippen LogP contribution in [-0.2, 0) is 6.54 Å². The highest BCUT2D eigenvalue weighted by Crippen LogP contribution is 2.16. The van der Waals surface area contributed by atoms with Crippen molar-refractivity contribution in [1.82, 2.24) is 14.9 Å². The average Bonchev–Trinajstić information content (AvgIpc) is 2.44. The van der Waals surface area contributed by atoms with Crippen LogP contribution in [0.2, 0.25) is 0 Å². The standard InChI is InChI=1S/C15H19N3O2/c1-10-3-2-4-12-14(10)15(20)18(9-17-12)8-11-5-6-16-7-13(11)19/h2-4,9,11,13,16,19H,5-8H2,1H3/t11-,13+/m0/s1. The third kappa shape index (κ3) is 2.34. The van der Waals surface area contributed by atoms with Crippen molar-refractivity contribution < 1.29 is 5.11 Å². The van der Waals surface area contributed by atoms with Crippen molar-refractivity contribution in [3.63, 3.8) is 0 Å². The molecule has 20 heavy (non-hydrogen) atoms. The van der Waals surface area contributed by atoms with Crippen LogP contribution in [0.15, 0.2) is 29.3 Å². The van der Waals surface area contributed by atoms with Gasteiger partial charge < -0.3 is 10.4 Å². The summed E-state index contributed by atoms with van der Waals surface area (Å²) < 4.78 is 1.63. The lowest BCUT2D eigenvalue weighted by Gasteiger charge is -2.28. The zero-order chi connectivity index (χ0) is 14.1.